The van der Waals surface area contributed by atoms with Gasteiger partial charge >= 0.3 is 0 Å². The summed E-state index contributed by atoms with van der Waals surface area (Å²) in [6.45, 7) is 4.00. The van der Waals surface area contributed by atoms with Crippen molar-refractivity contribution in [1.29, 1.82) is 0 Å². The Labute approximate surface area is 96.5 Å². The lowest BCUT2D eigenvalue weighted by atomic mass is 9.90. The van der Waals surface area contributed by atoms with Crippen LogP contribution in [0, 0.1) is 0 Å². The number of halogens is 1. The van der Waals surface area contributed by atoms with E-state index < -0.39 is 0 Å². The Balaban J connectivity index is 0.000000531. The molecule has 2 heteroatoms. The first-order valence-electron chi connectivity index (χ1n) is 5.52. The molecule has 0 atom stereocenters. The first kappa shape index (κ1) is 12.3. The van der Waals surface area contributed by atoms with E-state index in [-0.39, 0.29) is 5.78 Å². The van der Waals surface area contributed by atoms with Crippen molar-refractivity contribution >= 4 is 17.4 Å². The van der Waals surface area contributed by atoms with Gasteiger partial charge in [0, 0.05) is 17.9 Å². The molecule has 0 N–H and O–H groups in total. The largest absolute Gasteiger partial charge is 0.294 e. The number of hydrogen-bond donors (Lipinski definition) is 0. The van der Waals surface area contributed by atoms with Gasteiger partial charge in [-0.3, -0.25) is 4.79 Å². The van der Waals surface area contributed by atoms with E-state index in [1.807, 2.05) is 32.0 Å². The number of aryl methyl sites for hydroxylation is 1. The number of benzene rings is 1. The summed E-state index contributed by atoms with van der Waals surface area (Å²) in [5.41, 5.74) is 3.12. The van der Waals surface area contributed by atoms with Crippen LogP contribution in [0.3, 0.4) is 0 Å². The first-order valence-corrected chi connectivity index (χ1v) is 6.05. The van der Waals surface area contributed by atoms with E-state index >= 15 is 0 Å². The average Bonchev–Trinajstić information content (AvgIpc) is 2.32. The molecule has 0 fully saturated rings. The van der Waals surface area contributed by atoms with E-state index in [2.05, 4.69) is 0 Å². The summed E-state index contributed by atoms with van der Waals surface area (Å²) in [6.07, 6.45) is 2.72. The minimum atomic E-state index is 0.271. The molecule has 0 bridgehead atoms. The van der Waals surface area contributed by atoms with Crippen LogP contribution in [0.1, 0.15) is 48.2 Å². The van der Waals surface area contributed by atoms with Crippen molar-refractivity contribution in [1.82, 2.24) is 0 Å². The monoisotopic (exact) mass is 224 g/mol. The van der Waals surface area contributed by atoms with E-state index in [0.29, 0.717) is 12.3 Å². The van der Waals surface area contributed by atoms with Crippen molar-refractivity contribution < 1.29 is 4.79 Å². The molecule has 1 aliphatic carbocycles. The van der Waals surface area contributed by atoms with E-state index in [9.17, 15) is 4.79 Å². The Bertz CT molecular complexity index is 344. The number of hydrogen-bond acceptors (Lipinski definition) is 1. The number of Topliss-reactive ketones (excluding diaryl/α,β-unsaturated/α-hetero) is 1. The maximum Gasteiger partial charge on any atom is 0.163 e. The summed E-state index contributed by atoms with van der Waals surface area (Å²) in [6, 6.07) is 5.97. The molecule has 1 aliphatic rings. The van der Waals surface area contributed by atoms with Gasteiger partial charge in [-0.2, -0.15) is 0 Å². The molecule has 82 valence electrons. The molecular formula is C13H17ClO. The zero-order valence-electron chi connectivity index (χ0n) is 9.35. The Kier molecular flexibility index (Phi) is 4.83. The third kappa shape index (κ3) is 2.82. The molecule has 1 aromatic rings. The zero-order chi connectivity index (χ0) is 11.3. The average molecular weight is 225 g/mol. The molecule has 0 aromatic heterocycles. The van der Waals surface area contributed by atoms with E-state index in [0.717, 1.165) is 24.0 Å². The normalized spacial score (nSPS) is 13.9. The van der Waals surface area contributed by atoms with Crippen molar-refractivity contribution in [2.45, 2.75) is 39.0 Å². The number of ketones is 1. The van der Waals surface area contributed by atoms with Gasteiger partial charge in [0.1, 0.15) is 0 Å². The molecule has 1 nitrogen and oxygen atoms in total. The van der Waals surface area contributed by atoms with Gasteiger partial charge in [0.15, 0.2) is 5.78 Å². The van der Waals surface area contributed by atoms with Gasteiger partial charge in [-0.05, 0) is 30.0 Å². The van der Waals surface area contributed by atoms with Crippen LogP contribution in [-0.4, -0.2) is 5.78 Å². The minimum Gasteiger partial charge on any atom is -0.294 e. The van der Waals surface area contributed by atoms with Crippen LogP contribution in [0.15, 0.2) is 18.2 Å². The van der Waals surface area contributed by atoms with E-state index in [4.69, 9.17) is 11.6 Å². The maximum atomic E-state index is 11.5. The van der Waals surface area contributed by atoms with Crippen LogP contribution >= 0.6 is 11.6 Å². The molecule has 15 heavy (non-hydrogen) atoms. The summed E-state index contributed by atoms with van der Waals surface area (Å²) in [5, 5.41) is 0. The Hall–Kier alpha value is -0.820. The zero-order valence-corrected chi connectivity index (χ0v) is 10.1. The molecule has 0 spiro atoms. The number of rotatable bonds is 1. The molecule has 0 amide bonds. The number of fused-ring (bicyclic) bond motifs is 1. The van der Waals surface area contributed by atoms with Crippen LogP contribution in [0.2, 0.25) is 0 Å². The van der Waals surface area contributed by atoms with Crippen LogP contribution in [0.4, 0.5) is 0 Å². The van der Waals surface area contributed by atoms with Crippen molar-refractivity contribution in [3.05, 3.63) is 34.9 Å². The second-order valence-corrected chi connectivity index (χ2v) is 3.67. The number of carbonyl (C=O) groups excluding carboxylic acids is 1. The number of carbonyl (C=O) groups is 1. The standard InChI is InChI=1S/C11H11ClO.C2H6/c12-7-8-4-5-9-2-1-3-11(13)10(9)6-8;1-2/h4-6H,1-3,7H2;1-2H3. The Morgan fingerprint density at radius 1 is 1.27 bits per heavy atom. The molecule has 2 rings (SSSR count). The highest BCUT2D eigenvalue weighted by Gasteiger charge is 2.16. The molecule has 0 unspecified atom stereocenters. The van der Waals surface area contributed by atoms with Gasteiger partial charge in [0.2, 0.25) is 0 Å². The van der Waals surface area contributed by atoms with Gasteiger partial charge in [0.05, 0.1) is 0 Å². The fourth-order valence-corrected chi connectivity index (χ4v) is 1.92. The lowest BCUT2D eigenvalue weighted by Gasteiger charge is -2.14. The summed E-state index contributed by atoms with van der Waals surface area (Å²) in [5.74, 6) is 0.758. The summed E-state index contributed by atoms with van der Waals surface area (Å²) >= 11 is 5.71. The van der Waals surface area contributed by atoms with Gasteiger partial charge in [0.25, 0.3) is 0 Å². The van der Waals surface area contributed by atoms with Crippen LogP contribution < -0.4 is 0 Å². The summed E-state index contributed by atoms with van der Waals surface area (Å²) in [7, 11) is 0. The molecule has 0 heterocycles. The molecule has 0 radical (unpaired) electrons. The highest BCUT2D eigenvalue weighted by Crippen LogP contribution is 2.22. The van der Waals surface area contributed by atoms with E-state index in [1.165, 1.54) is 5.56 Å². The summed E-state index contributed by atoms with van der Waals surface area (Å²) < 4.78 is 0. The van der Waals surface area contributed by atoms with Crippen LogP contribution in [0.5, 0.6) is 0 Å². The molecule has 1 aromatic carbocycles. The molecular weight excluding hydrogens is 208 g/mol. The SMILES string of the molecule is CC.O=C1CCCc2ccc(CCl)cc21. The number of alkyl halides is 1. The fourth-order valence-electron chi connectivity index (χ4n) is 1.76. The minimum absolute atomic E-state index is 0.271. The third-order valence-electron chi connectivity index (χ3n) is 2.48. The third-order valence-corrected chi connectivity index (χ3v) is 2.79. The van der Waals surface area contributed by atoms with Gasteiger partial charge in [-0.1, -0.05) is 26.0 Å². The Morgan fingerprint density at radius 2 is 2.00 bits per heavy atom. The van der Waals surface area contributed by atoms with Crippen molar-refractivity contribution in [2.75, 3.05) is 0 Å². The predicted molar refractivity (Wildman–Crippen MR) is 64.6 cm³/mol. The summed E-state index contributed by atoms with van der Waals surface area (Å²) in [4.78, 5) is 11.5. The Morgan fingerprint density at radius 3 is 2.67 bits per heavy atom. The predicted octanol–water partition coefficient (Wildman–Crippen LogP) is 3.97. The quantitative estimate of drug-likeness (QED) is 0.660. The van der Waals surface area contributed by atoms with E-state index in [1.54, 1.807) is 0 Å². The lowest BCUT2D eigenvalue weighted by molar-refractivity contribution is 0.0972. The van der Waals surface area contributed by atoms with Gasteiger partial charge < -0.3 is 0 Å². The topological polar surface area (TPSA) is 17.1 Å². The second kappa shape index (κ2) is 5.92. The van der Waals surface area contributed by atoms with Crippen LogP contribution in [0.25, 0.3) is 0 Å². The van der Waals surface area contributed by atoms with Gasteiger partial charge in [-0.25, -0.2) is 0 Å². The smallest absolute Gasteiger partial charge is 0.163 e. The lowest BCUT2D eigenvalue weighted by Crippen LogP contribution is -2.10. The van der Waals surface area contributed by atoms with Crippen molar-refractivity contribution in [3.8, 4) is 0 Å². The maximum absolute atomic E-state index is 11.5. The highest BCUT2D eigenvalue weighted by atomic mass is 35.5. The molecule has 0 aliphatic heterocycles. The first-order chi connectivity index (χ1) is 7.31. The van der Waals surface area contributed by atoms with Crippen LogP contribution in [-0.2, 0) is 12.3 Å². The second-order valence-electron chi connectivity index (χ2n) is 3.40. The highest BCUT2D eigenvalue weighted by molar-refractivity contribution is 6.17. The molecule has 0 saturated heterocycles. The fraction of sp³-hybridized carbons (Fsp3) is 0.462. The van der Waals surface area contributed by atoms with Gasteiger partial charge in [-0.15, -0.1) is 11.6 Å². The van der Waals surface area contributed by atoms with Crippen molar-refractivity contribution in [2.24, 2.45) is 0 Å². The van der Waals surface area contributed by atoms with Crippen molar-refractivity contribution in [3.63, 3.8) is 0 Å². The molecule has 0 saturated carbocycles.